The van der Waals surface area contributed by atoms with Crippen molar-refractivity contribution in [3.05, 3.63) is 86.8 Å². The van der Waals surface area contributed by atoms with Crippen LogP contribution in [0.5, 0.6) is 5.88 Å². The summed E-state index contributed by atoms with van der Waals surface area (Å²) in [6, 6.07) is 12.3. The monoisotopic (exact) mass is 404 g/mol. The number of rotatable bonds is 7. The maximum atomic E-state index is 12.8. The minimum absolute atomic E-state index is 0.0446. The molecule has 0 saturated carbocycles. The fourth-order valence-electron chi connectivity index (χ4n) is 3.16. The number of anilines is 1. The molecule has 0 aliphatic heterocycles. The van der Waals surface area contributed by atoms with E-state index in [1.807, 2.05) is 18.2 Å². The maximum Gasteiger partial charge on any atom is 0.275 e. The molecule has 0 fully saturated rings. The van der Waals surface area contributed by atoms with E-state index in [1.54, 1.807) is 30.6 Å². The molecule has 0 spiro atoms. The van der Waals surface area contributed by atoms with Crippen LogP contribution in [0.15, 0.2) is 64.4 Å². The zero-order valence-corrected chi connectivity index (χ0v) is 16.3. The zero-order chi connectivity index (χ0) is 20.9. The van der Waals surface area contributed by atoms with Gasteiger partial charge in [-0.3, -0.25) is 19.6 Å². The van der Waals surface area contributed by atoms with Gasteiger partial charge in [-0.1, -0.05) is 12.1 Å². The van der Waals surface area contributed by atoms with Crippen molar-refractivity contribution >= 4 is 16.7 Å². The number of hydrogen-bond acceptors (Lipinski definition) is 7. The van der Waals surface area contributed by atoms with E-state index >= 15 is 0 Å². The number of H-pyrrole nitrogens is 1. The standard InChI is InChI=1S/C21H20N6O3/c1-30-19-16-4-2-3-5-17(16)20(29)27(26-19)13-15-12-18(28)25-21(24-15)23-11-8-14-6-9-22-10-7-14/h2-7,9-10,12H,8,11,13H2,1H3,(H2,23,24,25,28). The zero-order valence-electron chi connectivity index (χ0n) is 16.3. The number of aromatic nitrogens is 5. The van der Waals surface area contributed by atoms with Crippen LogP contribution in [0.4, 0.5) is 5.95 Å². The van der Waals surface area contributed by atoms with E-state index in [0.717, 1.165) is 12.0 Å². The Kier molecular flexibility index (Phi) is 5.51. The number of hydrogen-bond donors (Lipinski definition) is 2. The summed E-state index contributed by atoms with van der Waals surface area (Å²) in [5, 5.41) is 8.51. The number of aromatic amines is 1. The molecule has 0 radical (unpaired) electrons. The summed E-state index contributed by atoms with van der Waals surface area (Å²) in [6.45, 7) is 0.626. The number of ether oxygens (including phenoxy) is 1. The van der Waals surface area contributed by atoms with Gasteiger partial charge in [0.25, 0.3) is 11.1 Å². The van der Waals surface area contributed by atoms with Crippen LogP contribution in [0.25, 0.3) is 10.8 Å². The Morgan fingerprint density at radius 2 is 1.87 bits per heavy atom. The van der Waals surface area contributed by atoms with Gasteiger partial charge in [0, 0.05) is 25.0 Å². The predicted octanol–water partition coefficient (Wildman–Crippen LogP) is 1.59. The molecule has 9 heteroatoms. The third kappa shape index (κ3) is 4.19. The minimum Gasteiger partial charge on any atom is -0.480 e. The van der Waals surface area contributed by atoms with Gasteiger partial charge in [0.15, 0.2) is 0 Å². The van der Waals surface area contributed by atoms with E-state index in [1.165, 1.54) is 17.9 Å². The van der Waals surface area contributed by atoms with Crippen LogP contribution in [0.2, 0.25) is 0 Å². The van der Waals surface area contributed by atoms with E-state index in [4.69, 9.17) is 4.74 Å². The van der Waals surface area contributed by atoms with Gasteiger partial charge in [-0.2, -0.15) is 0 Å². The number of nitrogens with one attached hydrogen (secondary N) is 2. The molecule has 0 unspecified atom stereocenters. The van der Waals surface area contributed by atoms with Crippen LogP contribution in [0, 0.1) is 0 Å². The molecule has 0 atom stereocenters. The Labute approximate surface area is 171 Å². The van der Waals surface area contributed by atoms with E-state index in [9.17, 15) is 9.59 Å². The smallest absolute Gasteiger partial charge is 0.275 e. The largest absolute Gasteiger partial charge is 0.480 e. The summed E-state index contributed by atoms with van der Waals surface area (Å²) in [7, 11) is 1.50. The van der Waals surface area contributed by atoms with Crippen molar-refractivity contribution in [1.82, 2.24) is 24.7 Å². The second-order valence-corrected chi connectivity index (χ2v) is 6.64. The normalized spacial score (nSPS) is 10.8. The highest BCUT2D eigenvalue weighted by molar-refractivity contribution is 5.85. The summed E-state index contributed by atoms with van der Waals surface area (Å²) in [4.78, 5) is 36.0. The van der Waals surface area contributed by atoms with Gasteiger partial charge >= 0.3 is 0 Å². The highest BCUT2D eigenvalue weighted by atomic mass is 16.5. The lowest BCUT2D eigenvalue weighted by Gasteiger charge is -2.11. The molecule has 9 nitrogen and oxygen atoms in total. The van der Waals surface area contributed by atoms with Crippen molar-refractivity contribution in [2.75, 3.05) is 19.0 Å². The Morgan fingerprint density at radius 1 is 1.10 bits per heavy atom. The average molecular weight is 404 g/mol. The van der Waals surface area contributed by atoms with Crippen molar-refractivity contribution in [2.45, 2.75) is 13.0 Å². The Hall–Kier alpha value is -4.01. The lowest BCUT2D eigenvalue weighted by molar-refractivity contribution is 0.385. The van der Waals surface area contributed by atoms with Crippen molar-refractivity contribution in [1.29, 1.82) is 0 Å². The fraction of sp³-hybridized carbons (Fsp3) is 0.190. The maximum absolute atomic E-state index is 12.8. The summed E-state index contributed by atoms with van der Waals surface area (Å²) in [5.74, 6) is 0.679. The molecule has 0 aliphatic carbocycles. The van der Waals surface area contributed by atoms with Crippen LogP contribution in [-0.4, -0.2) is 38.4 Å². The lowest BCUT2D eigenvalue weighted by atomic mass is 10.2. The molecule has 1 aromatic carbocycles. The predicted molar refractivity (Wildman–Crippen MR) is 113 cm³/mol. The van der Waals surface area contributed by atoms with Crippen LogP contribution in [-0.2, 0) is 13.0 Å². The molecule has 152 valence electrons. The highest BCUT2D eigenvalue weighted by Crippen LogP contribution is 2.19. The van der Waals surface area contributed by atoms with Crippen molar-refractivity contribution < 1.29 is 4.74 Å². The third-order valence-corrected chi connectivity index (χ3v) is 4.59. The van der Waals surface area contributed by atoms with Crippen LogP contribution >= 0.6 is 0 Å². The minimum atomic E-state index is -0.313. The summed E-state index contributed by atoms with van der Waals surface area (Å²) >= 11 is 0. The third-order valence-electron chi connectivity index (χ3n) is 4.59. The van der Waals surface area contributed by atoms with E-state index in [0.29, 0.717) is 34.8 Å². The summed E-state index contributed by atoms with van der Waals surface area (Å²) in [5.41, 5.74) is 0.944. The van der Waals surface area contributed by atoms with Gasteiger partial charge in [0.2, 0.25) is 11.8 Å². The first-order valence-corrected chi connectivity index (χ1v) is 9.41. The fourth-order valence-corrected chi connectivity index (χ4v) is 3.16. The molecule has 3 aromatic heterocycles. The van der Waals surface area contributed by atoms with Gasteiger partial charge in [0.05, 0.1) is 30.1 Å². The first-order chi connectivity index (χ1) is 14.6. The Morgan fingerprint density at radius 3 is 2.63 bits per heavy atom. The number of fused-ring (bicyclic) bond motifs is 1. The molecule has 2 N–H and O–H groups in total. The molecular formula is C21H20N6O3. The number of pyridine rings is 1. The number of nitrogens with zero attached hydrogens (tertiary/aromatic N) is 4. The van der Waals surface area contributed by atoms with Gasteiger partial charge < -0.3 is 10.1 Å². The molecule has 4 aromatic rings. The van der Waals surface area contributed by atoms with Crippen LogP contribution < -0.4 is 21.2 Å². The van der Waals surface area contributed by atoms with Crippen LogP contribution in [0.1, 0.15) is 11.3 Å². The molecule has 0 amide bonds. The molecule has 3 heterocycles. The average Bonchev–Trinajstić information content (AvgIpc) is 2.76. The second kappa shape index (κ2) is 8.56. The van der Waals surface area contributed by atoms with Gasteiger partial charge in [-0.25, -0.2) is 9.67 Å². The van der Waals surface area contributed by atoms with Crippen LogP contribution in [0.3, 0.4) is 0 Å². The first-order valence-electron chi connectivity index (χ1n) is 9.41. The van der Waals surface area contributed by atoms with E-state index in [-0.39, 0.29) is 17.7 Å². The van der Waals surface area contributed by atoms with Crippen molar-refractivity contribution in [3.63, 3.8) is 0 Å². The number of methoxy groups -OCH3 is 1. The lowest BCUT2D eigenvalue weighted by Crippen LogP contribution is -2.26. The van der Waals surface area contributed by atoms with Gasteiger partial charge in [-0.05, 0) is 36.2 Å². The first kappa shape index (κ1) is 19.3. The topological polar surface area (TPSA) is 115 Å². The van der Waals surface area contributed by atoms with Gasteiger partial charge in [0.1, 0.15) is 0 Å². The summed E-state index contributed by atoms with van der Waals surface area (Å²) in [6.07, 6.45) is 4.22. The van der Waals surface area contributed by atoms with Crippen molar-refractivity contribution in [3.8, 4) is 5.88 Å². The quantitative estimate of drug-likeness (QED) is 0.481. The molecule has 0 bridgehead atoms. The molecule has 0 saturated heterocycles. The second-order valence-electron chi connectivity index (χ2n) is 6.64. The Bertz CT molecular complexity index is 1280. The summed E-state index contributed by atoms with van der Waals surface area (Å²) < 4.78 is 6.58. The van der Waals surface area contributed by atoms with Crippen molar-refractivity contribution in [2.24, 2.45) is 0 Å². The molecule has 0 aliphatic rings. The SMILES string of the molecule is COc1nn(Cc2cc(=O)[nH]c(NCCc3ccncc3)n2)c(=O)c2ccccc12. The Balaban J connectivity index is 1.57. The van der Waals surface area contributed by atoms with Gasteiger partial charge in [-0.15, -0.1) is 5.10 Å². The molecule has 4 rings (SSSR count). The molecule has 30 heavy (non-hydrogen) atoms. The number of benzene rings is 1. The van der Waals surface area contributed by atoms with E-state index in [2.05, 4.69) is 25.4 Å². The van der Waals surface area contributed by atoms with E-state index < -0.39 is 0 Å². The molecular weight excluding hydrogens is 384 g/mol. The highest BCUT2D eigenvalue weighted by Gasteiger charge is 2.12.